The molecule has 1 unspecified atom stereocenters. The highest BCUT2D eigenvalue weighted by Crippen LogP contribution is 2.31. The van der Waals surface area contributed by atoms with Crippen molar-refractivity contribution in [2.45, 2.75) is 38.8 Å². The van der Waals surface area contributed by atoms with E-state index in [1.165, 1.54) is 12.0 Å². The van der Waals surface area contributed by atoms with Gasteiger partial charge in [-0.1, -0.05) is 6.07 Å². The molecule has 1 atom stereocenters. The van der Waals surface area contributed by atoms with Crippen LogP contribution < -0.4 is 11.1 Å². The number of rotatable bonds is 2. The number of nitrogens with one attached hydrogen (secondary N) is 1. The lowest BCUT2D eigenvalue weighted by Gasteiger charge is -2.25. The normalized spacial score (nSPS) is 23.9. The van der Waals surface area contributed by atoms with Gasteiger partial charge in [-0.3, -0.25) is 4.57 Å². The van der Waals surface area contributed by atoms with Crippen molar-refractivity contribution in [3.05, 3.63) is 34.3 Å². The van der Waals surface area contributed by atoms with E-state index in [0.29, 0.717) is 12.1 Å². The Balaban J connectivity index is 2.18. The molecule has 4 heteroatoms. The molecule has 0 radical (unpaired) electrons. The molecule has 1 aliphatic heterocycles. The summed E-state index contributed by atoms with van der Waals surface area (Å²) in [5, 5.41) is 3.54. The number of aromatic nitrogens is 1. The smallest absolute Gasteiger partial charge is 0.408 e. The summed E-state index contributed by atoms with van der Waals surface area (Å²) in [6, 6.07) is 6.05. The predicted octanol–water partition coefficient (Wildman–Crippen LogP) is 2.21. The van der Waals surface area contributed by atoms with Gasteiger partial charge < -0.3 is 9.73 Å². The molecule has 4 nitrogen and oxygen atoms in total. The fraction of sp³-hybridized carbons (Fsp3) is 0.500. The molecule has 2 heterocycles. The monoisotopic (exact) mass is 246 g/mol. The van der Waals surface area contributed by atoms with Crippen molar-refractivity contribution in [1.82, 2.24) is 9.88 Å². The Morgan fingerprint density at radius 3 is 3.00 bits per heavy atom. The summed E-state index contributed by atoms with van der Waals surface area (Å²) in [5.41, 5.74) is 2.83. The Kier molecular flexibility index (Phi) is 2.55. The van der Waals surface area contributed by atoms with Crippen LogP contribution in [0.5, 0.6) is 0 Å². The molecule has 1 aromatic carbocycles. The van der Waals surface area contributed by atoms with Gasteiger partial charge in [-0.25, -0.2) is 4.79 Å². The van der Waals surface area contributed by atoms with Gasteiger partial charge in [-0.2, -0.15) is 0 Å². The number of aryl methyl sites for hydroxylation is 1. The summed E-state index contributed by atoms with van der Waals surface area (Å²) in [6.45, 7) is 5.87. The van der Waals surface area contributed by atoms with Gasteiger partial charge in [0.05, 0.1) is 5.52 Å². The van der Waals surface area contributed by atoms with Gasteiger partial charge >= 0.3 is 5.76 Å². The number of benzene rings is 1. The second kappa shape index (κ2) is 3.99. The number of oxazole rings is 1. The van der Waals surface area contributed by atoms with Crippen LogP contribution in [0.3, 0.4) is 0 Å². The van der Waals surface area contributed by atoms with Crippen LogP contribution >= 0.6 is 0 Å². The van der Waals surface area contributed by atoms with Crippen molar-refractivity contribution >= 4 is 11.1 Å². The van der Waals surface area contributed by atoms with Crippen LogP contribution in [0.2, 0.25) is 0 Å². The summed E-state index contributed by atoms with van der Waals surface area (Å²) >= 11 is 0. The molecule has 96 valence electrons. The van der Waals surface area contributed by atoms with Gasteiger partial charge in [-0.05, 0) is 50.9 Å². The van der Waals surface area contributed by atoms with E-state index in [1.54, 1.807) is 4.57 Å². The van der Waals surface area contributed by atoms with E-state index in [-0.39, 0.29) is 11.3 Å². The average molecular weight is 246 g/mol. The fourth-order valence-electron chi connectivity index (χ4n) is 2.85. The van der Waals surface area contributed by atoms with Gasteiger partial charge in [0.1, 0.15) is 0 Å². The van der Waals surface area contributed by atoms with Gasteiger partial charge in [0.15, 0.2) is 5.58 Å². The summed E-state index contributed by atoms with van der Waals surface area (Å²) in [7, 11) is 0. The van der Waals surface area contributed by atoms with Crippen LogP contribution in [-0.4, -0.2) is 11.1 Å². The summed E-state index contributed by atoms with van der Waals surface area (Å²) in [5.74, 6) is -0.269. The van der Waals surface area contributed by atoms with Crippen LogP contribution in [0, 0.1) is 0 Å². The van der Waals surface area contributed by atoms with E-state index in [4.69, 9.17) is 4.42 Å². The number of hydrogen-bond donors (Lipinski definition) is 1. The molecule has 0 aliphatic carbocycles. The zero-order chi connectivity index (χ0) is 12.8. The molecule has 1 fully saturated rings. The minimum Gasteiger partial charge on any atom is -0.408 e. The third kappa shape index (κ3) is 1.60. The summed E-state index contributed by atoms with van der Waals surface area (Å²) < 4.78 is 6.91. The summed E-state index contributed by atoms with van der Waals surface area (Å²) in [6.07, 6.45) is 2.33. The first-order chi connectivity index (χ1) is 8.64. The van der Waals surface area contributed by atoms with Crippen molar-refractivity contribution in [1.29, 1.82) is 0 Å². The molecule has 1 aliphatic rings. The van der Waals surface area contributed by atoms with Gasteiger partial charge in [0, 0.05) is 12.1 Å². The molecule has 18 heavy (non-hydrogen) atoms. The standard InChI is InChI=1S/C14H18N2O2/c1-3-16-11-9-10(14(2)7-4-8-15-14)5-6-12(11)18-13(16)17/h5-6,9,15H,3-4,7-8H2,1-2H3. The Hall–Kier alpha value is -1.55. The lowest BCUT2D eigenvalue weighted by molar-refractivity contribution is 0.435. The number of fused-ring (bicyclic) bond motifs is 1. The fourth-order valence-corrected chi connectivity index (χ4v) is 2.85. The first kappa shape index (κ1) is 11.5. The maximum Gasteiger partial charge on any atom is 0.419 e. The lowest BCUT2D eigenvalue weighted by atomic mass is 9.90. The molecule has 1 saturated heterocycles. The Bertz CT molecular complexity index is 633. The molecule has 3 rings (SSSR count). The molecule has 0 saturated carbocycles. The molecule has 1 N–H and O–H groups in total. The predicted molar refractivity (Wildman–Crippen MR) is 70.7 cm³/mol. The zero-order valence-electron chi connectivity index (χ0n) is 10.8. The molecule has 0 amide bonds. The van der Waals surface area contributed by atoms with E-state index in [1.807, 2.05) is 13.0 Å². The van der Waals surface area contributed by atoms with E-state index in [9.17, 15) is 4.79 Å². The lowest BCUT2D eigenvalue weighted by Crippen LogP contribution is -2.33. The van der Waals surface area contributed by atoms with Gasteiger partial charge in [0.2, 0.25) is 0 Å². The Morgan fingerprint density at radius 2 is 2.33 bits per heavy atom. The van der Waals surface area contributed by atoms with E-state index >= 15 is 0 Å². The second-order valence-corrected chi connectivity index (χ2v) is 5.16. The molecule has 0 bridgehead atoms. The molecular formula is C14H18N2O2. The highest BCUT2D eigenvalue weighted by Gasteiger charge is 2.30. The molecule has 0 spiro atoms. The molecular weight excluding hydrogens is 228 g/mol. The van der Waals surface area contributed by atoms with E-state index in [0.717, 1.165) is 18.5 Å². The van der Waals surface area contributed by atoms with Crippen LogP contribution in [-0.2, 0) is 12.1 Å². The van der Waals surface area contributed by atoms with Crippen LogP contribution in [0.4, 0.5) is 0 Å². The minimum atomic E-state index is -0.269. The second-order valence-electron chi connectivity index (χ2n) is 5.16. The van der Waals surface area contributed by atoms with E-state index < -0.39 is 0 Å². The van der Waals surface area contributed by atoms with Crippen LogP contribution in [0.1, 0.15) is 32.3 Å². The quantitative estimate of drug-likeness (QED) is 0.883. The van der Waals surface area contributed by atoms with E-state index in [2.05, 4.69) is 24.4 Å². The largest absolute Gasteiger partial charge is 0.419 e. The first-order valence-electron chi connectivity index (χ1n) is 6.53. The van der Waals surface area contributed by atoms with Crippen molar-refractivity contribution in [3.8, 4) is 0 Å². The Morgan fingerprint density at radius 1 is 1.50 bits per heavy atom. The maximum atomic E-state index is 11.7. The van der Waals surface area contributed by atoms with Crippen molar-refractivity contribution in [2.75, 3.05) is 6.54 Å². The summed E-state index contributed by atoms with van der Waals surface area (Å²) in [4.78, 5) is 11.7. The van der Waals surface area contributed by atoms with Crippen molar-refractivity contribution in [2.24, 2.45) is 0 Å². The topological polar surface area (TPSA) is 47.2 Å². The third-order valence-electron chi connectivity index (χ3n) is 3.99. The minimum absolute atomic E-state index is 0.0279. The van der Waals surface area contributed by atoms with Crippen molar-refractivity contribution in [3.63, 3.8) is 0 Å². The van der Waals surface area contributed by atoms with Crippen LogP contribution in [0.15, 0.2) is 27.4 Å². The van der Waals surface area contributed by atoms with Crippen molar-refractivity contribution < 1.29 is 4.42 Å². The molecule has 1 aromatic heterocycles. The zero-order valence-corrected chi connectivity index (χ0v) is 10.8. The van der Waals surface area contributed by atoms with Gasteiger partial charge in [0.25, 0.3) is 0 Å². The molecule has 2 aromatic rings. The maximum absolute atomic E-state index is 11.7. The average Bonchev–Trinajstić information content (AvgIpc) is 2.92. The number of hydrogen-bond acceptors (Lipinski definition) is 3. The highest BCUT2D eigenvalue weighted by atomic mass is 16.4. The Labute approximate surface area is 106 Å². The highest BCUT2D eigenvalue weighted by molar-refractivity contribution is 5.74. The first-order valence-corrected chi connectivity index (χ1v) is 6.53. The third-order valence-corrected chi connectivity index (χ3v) is 3.99. The van der Waals surface area contributed by atoms with Crippen LogP contribution in [0.25, 0.3) is 11.1 Å². The number of nitrogens with zero attached hydrogens (tertiary/aromatic N) is 1. The van der Waals surface area contributed by atoms with Gasteiger partial charge in [-0.15, -0.1) is 0 Å². The SMILES string of the molecule is CCn1c(=O)oc2ccc(C3(C)CCCN3)cc21.